The lowest BCUT2D eigenvalue weighted by Crippen LogP contribution is -2.43. The molecule has 1 aliphatic heterocycles. The van der Waals surface area contributed by atoms with Crippen molar-refractivity contribution in [2.45, 2.75) is 12.8 Å². The number of nitrogens with one attached hydrogen (secondary N) is 1. The second kappa shape index (κ2) is 10.3. The summed E-state index contributed by atoms with van der Waals surface area (Å²) in [5, 5.41) is 22.8. The first-order valence-electron chi connectivity index (χ1n) is 11.0. The van der Waals surface area contributed by atoms with E-state index in [0.717, 1.165) is 54.9 Å². The van der Waals surface area contributed by atoms with Gasteiger partial charge < -0.3 is 20.4 Å². The number of aromatic hydroxyl groups is 1. The van der Waals surface area contributed by atoms with E-state index in [9.17, 15) is 10.2 Å². The van der Waals surface area contributed by atoms with E-state index in [4.69, 9.17) is 0 Å². The van der Waals surface area contributed by atoms with E-state index < -0.39 is 0 Å². The molecule has 31 heavy (non-hydrogen) atoms. The minimum Gasteiger partial charge on any atom is -0.508 e. The lowest BCUT2D eigenvalue weighted by Gasteiger charge is -2.29. The van der Waals surface area contributed by atoms with Crippen LogP contribution in [0.25, 0.3) is 11.1 Å². The predicted molar refractivity (Wildman–Crippen MR) is 128 cm³/mol. The molecule has 3 N–H and O–H groups in total. The first-order chi connectivity index (χ1) is 15.3. The molecule has 1 aliphatic rings. The van der Waals surface area contributed by atoms with Crippen LogP contribution >= 0.6 is 0 Å². The van der Waals surface area contributed by atoms with Gasteiger partial charge in [-0.2, -0.15) is 0 Å². The first-order valence-corrected chi connectivity index (χ1v) is 11.0. The number of aliphatic hydroxyl groups is 1. The monoisotopic (exact) mass is 414 g/mol. The van der Waals surface area contributed by atoms with Gasteiger partial charge in [-0.1, -0.05) is 54.6 Å². The van der Waals surface area contributed by atoms with Crippen molar-refractivity contribution >= 4 is 16.8 Å². The lowest BCUT2D eigenvalue weighted by atomic mass is 9.87. The Hall–Kier alpha value is -3.08. The molecule has 1 heterocycles. The van der Waals surface area contributed by atoms with Gasteiger partial charge >= 0.3 is 0 Å². The van der Waals surface area contributed by atoms with Gasteiger partial charge in [0.1, 0.15) is 5.75 Å². The van der Waals surface area contributed by atoms with Crippen LogP contribution < -0.4 is 10.2 Å². The van der Waals surface area contributed by atoms with Crippen molar-refractivity contribution in [3.8, 4) is 5.75 Å². The summed E-state index contributed by atoms with van der Waals surface area (Å²) in [5.41, 5.74) is 6.95. The van der Waals surface area contributed by atoms with Crippen LogP contribution in [0.4, 0.5) is 5.69 Å². The third-order valence-electron chi connectivity index (χ3n) is 5.80. The van der Waals surface area contributed by atoms with Crippen molar-refractivity contribution in [3.63, 3.8) is 0 Å². The van der Waals surface area contributed by atoms with Gasteiger partial charge in [0.2, 0.25) is 0 Å². The van der Waals surface area contributed by atoms with Crippen molar-refractivity contribution in [1.82, 2.24) is 5.32 Å². The largest absolute Gasteiger partial charge is 0.508 e. The number of aliphatic hydroxyl groups excluding tert-OH is 1. The fraction of sp³-hybridized carbons (Fsp3) is 0.259. The van der Waals surface area contributed by atoms with E-state index in [2.05, 4.69) is 58.7 Å². The molecule has 160 valence electrons. The molecule has 4 nitrogen and oxygen atoms in total. The fourth-order valence-electron chi connectivity index (χ4n) is 4.21. The fourth-order valence-corrected chi connectivity index (χ4v) is 4.21. The van der Waals surface area contributed by atoms with Gasteiger partial charge in [-0.15, -0.1) is 0 Å². The molecule has 4 rings (SSSR count). The van der Waals surface area contributed by atoms with Crippen molar-refractivity contribution in [3.05, 3.63) is 95.6 Å². The number of benzene rings is 3. The van der Waals surface area contributed by atoms with Crippen molar-refractivity contribution in [1.29, 1.82) is 0 Å². The summed E-state index contributed by atoms with van der Waals surface area (Å²) in [6.07, 6.45) is 1.47. The third-order valence-corrected chi connectivity index (χ3v) is 5.80. The van der Waals surface area contributed by atoms with Crippen LogP contribution in [-0.4, -0.2) is 43.0 Å². The Kier molecular flexibility index (Phi) is 7.03. The number of phenols is 1. The van der Waals surface area contributed by atoms with Crippen LogP contribution in [0.15, 0.2) is 78.9 Å². The molecule has 0 bridgehead atoms. The summed E-state index contributed by atoms with van der Waals surface area (Å²) >= 11 is 0. The van der Waals surface area contributed by atoms with Gasteiger partial charge in [0.25, 0.3) is 0 Å². The topological polar surface area (TPSA) is 55.7 Å². The van der Waals surface area contributed by atoms with Crippen LogP contribution in [0.2, 0.25) is 0 Å². The second-order valence-electron chi connectivity index (χ2n) is 7.88. The van der Waals surface area contributed by atoms with E-state index in [1.807, 2.05) is 18.2 Å². The van der Waals surface area contributed by atoms with E-state index in [0.29, 0.717) is 6.42 Å². The number of phenolic OH excluding ortho intramolecular Hbond substituents is 1. The van der Waals surface area contributed by atoms with E-state index in [1.165, 1.54) is 11.3 Å². The number of allylic oxidation sites excluding steroid dienone is 1. The Morgan fingerprint density at radius 2 is 1.39 bits per heavy atom. The van der Waals surface area contributed by atoms with Crippen LogP contribution in [-0.2, 0) is 0 Å². The SMILES string of the molecule is OCCCC(=C(c1ccc(O)cc1)c1ccc(N2CCNCC2)cc1)c1ccccc1. The number of nitrogens with zero attached hydrogens (tertiary/aromatic N) is 1. The molecule has 3 aromatic carbocycles. The van der Waals surface area contributed by atoms with E-state index >= 15 is 0 Å². The summed E-state index contributed by atoms with van der Waals surface area (Å²) < 4.78 is 0. The summed E-state index contributed by atoms with van der Waals surface area (Å²) in [5.74, 6) is 0.258. The number of hydrogen-bond acceptors (Lipinski definition) is 4. The maximum Gasteiger partial charge on any atom is 0.115 e. The van der Waals surface area contributed by atoms with Gasteiger partial charge in [-0.25, -0.2) is 0 Å². The molecule has 0 spiro atoms. The van der Waals surface area contributed by atoms with Crippen molar-refractivity contribution < 1.29 is 10.2 Å². The number of hydrogen-bond donors (Lipinski definition) is 3. The molecule has 0 amide bonds. The van der Waals surface area contributed by atoms with Gasteiger partial charge in [0.15, 0.2) is 0 Å². The Labute approximate surface area is 184 Å². The molecule has 0 aromatic heterocycles. The Bertz CT molecular complexity index is 990. The molecular weight excluding hydrogens is 384 g/mol. The summed E-state index contributed by atoms with van der Waals surface area (Å²) in [7, 11) is 0. The van der Waals surface area contributed by atoms with Gasteiger partial charge in [0, 0.05) is 38.5 Å². The Morgan fingerprint density at radius 3 is 2.00 bits per heavy atom. The highest BCUT2D eigenvalue weighted by Crippen LogP contribution is 2.36. The molecular formula is C27H30N2O2. The number of rotatable bonds is 7. The zero-order valence-corrected chi connectivity index (χ0v) is 17.8. The maximum absolute atomic E-state index is 9.83. The highest BCUT2D eigenvalue weighted by molar-refractivity contribution is 5.98. The highest BCUT2D eigenvalue weighted by atomic mass is 16.3. The smallest absolute Gasteiger partial charge is 0.115 e. The quantitative estimate of drug-likeness (QED) is 0.497. The standard InChI is InChI=1S/C27H30N2O2/c30-20-4-7-26(21-5-2-1-3-6-21)27(23-10-14-25(31)15-11-23)22-8-12-24(13-9-22)29-18-16-28-17-19-29/h1-3,5-6,8-15,28,30-31H,4,7,16-20H2. The molecule has 1 saturated heterocycles. The molecule has 0 saturated carbocycles. The van der Waals surface area contributed by atoms with Crippen LogP contribution in [0, 0.1) is 0 Å². The van der Waals surface area contributed by atoms with Crippen LogP contribution in [0.1, 0.15) is 29.5 Å². The molecule has 0 atom stereocenters. The molecule has 4 heteroatoms. The molecule has 3 aromatic rings. The Balaban J connectivity index is 1.81. The molecule has 0 aliphatic carbocycles. The normalized spacial score (nSPS) is 14.9. The van der Waals surface area contributed by atoms with Gasteiger partial charge in [-0.3, -0.25) is 0 Å². The average molecular weight is 415 g/mol. The van der Waals surface area contributed by atoms with Crippen LogP contribution in [0.3, 0.4) is 0 Å². The minimum absolute atomic E-state index is 0.154. The summed E-state index contributed by atoms with van der Waals surface area (Å²) in [4.78, 5) is 2.41. The van der Waals surface area contributed by atoms with E-state index in [1.54, 1.807) is 12.1 Å². The van der Waals surface area contributed by atoms with Crippen molar-refractivity contribution in [2.75, 3.05) is 37.7 Å². The predicted octanol–water partition coefficient (Wildman–Crippen LogP) is 4.53. The van der Waals surface area contributed by atoms with Crippen LogP contribution in [0.5, 0.6) is 5.75 Å². The maximum atomic E-state index is 9.83. The van der Waals surface area contributed by atoms with Gasteiger partial charge in [-0.05, 0) is 64.9 Å². The summed E-state index contributed by atoms with van der Waals surface area (Å²) in [6, 6.07) is 26.6. The lowest BCUT2D eigenvalue weighted by molar-refractivity contribution is 0.290. The minimum atomic E-state index is 0.154. The number of piperazine rings is 1. The first kappa shape index (κ1) is 21.2. The second-order valence-corrected chi connectivity index (χ2v) is 7.88. The zero-order valence-electron chi connectivity index (χ0n) is 17.8. The van der Waals surface area contributed by atoms with Crippen molar-refractivity contribution in [2.24, 2.45) is 0 Å². The average Bonchev–Trinajstić information content (AvgIpc) is 2.84. The van der Waals surface area contributed by atoms with E-state index in [-0.39, 0.29) is 12.4 Å². The number of anilines is 1. The molecule has 1 fully saturated rings. The molecule has 0 radical (unpaired) electrons. The zero-order chi connectivity index (χ0) is 21.5. The molecule has 0 unspecified atom stereocenters. The summed E-state index contributed by atoms with van der Waals surface area (Å²) in [6.45, 7) is 4.22. The third kappa shape index (κ3) is 5.16. The Morgan fingerprint density at radius 1 is 0.774 bits per heavy atom. The highest BCUT2D eigenvalue weighted by Gasteiger charge is 2.16. The van der Waals surface area contributed by atoms with Gasteiger partial charge in [0.05, 0.1) is 0 Å².